The van der Waals surface area contributed by atoms with Gasteiger partial charge in [0, 0.05) is 16.9 Å². The van der Waals surface area contributed by atoms with Gasteiger partial charge in [0.05, 0.1) is 0 Å². The molecule has 5 heteroatoms. The van der Waals surface area contributed by atoms with E-state index < -0.39 is 16.6 Å². The molecule has 0 unspecified atom stereocenters. The maximum atomic E-state index is 6.67. The molecular formula is C22H41NO2Si2. The van der Waals surface area contributed by atoms with Gasteiger partial charge in [0.2, 0.25) is 16.6 Å². The predicted octanol–water partition coefficient (Wildman–Crippen LogP) is 4.85. The van der Waals surface area contributed by atoms with Crippen LogP contribution in [0.2, 0.25) is 26.2 Å². The molecule has 3 nitrogen and oxygen atoms in total. The van der Waals surface area contributed by atoms with Crippen molar-refractivity contribution >= 4 is 33.1 Å². The van der Waals surface area contributed by atoms with E-state index in [4.69, 9.17) is 14.6 Å². The number of nitrogens with two attached hydrogens (primary N) is 1. The molecule has 0 aliphatic carbocycles. The van der Waals surface area contributed by atoms with E-state index in [1.165, 1.54) is 15.9 Å². The fourth-order valence-corrected chi connectivity index (χ4v) is 11.7. The molecule has 27 heavy (non-hydrogen) atoms. The molecule has 0 saturated heterocycles. The first kappa shape index (κ1) is 24.2. The maximum Gasteiger partial charge on any atom is 0.219 e. The fraction of sp³-hybridized carbons (Fsp3) is 0.636. The lowest BCUT2D eigenvalue weighted by molar-refractivity contribution is 0.123. The van der Waals surface area contributed by atoms with Crippen molar-refractivity contribution < 1.29 is 8.85 Å². The summed E-state index contributed by atoms with van der Waals surface area (Å²) in [5.74, 6) is 0. The van der Waals surface area contributed by atoms with Gasteiger partial charge >= 0.3 is 0 Å². The van der Waals surface area contributed by atoms with Crippen LogP contribution in [0.3, 0.4) is 0 Å². The molecule has 1 aromatic carbocycles. The number of allylic oxidation sites excluding steroid dienone is 1. The van der Waals surface area contributed by atoms with Gasteiger partial charge in [0.15, 0.2) is 0 Å². The van der Waals surface area contributed by atoms with Gasteiger partial charge in [-0.05, 0) is 96.2 Å². The number of rotatable bonds is 6. The predicted molar refractivity (Wildman–Crippen MR) is 125 cm³/mol. The molecule has 0 radical (unpaired) electrons. The molecule has 0 aromatic heterocycles. The molecule has 0 atom stereocenters. The Morgan fingerprint density at radius 3 is 1.85 bits per heavy atom. The Morgan fingerprint density at radius 2 is 1.41 bits per heavy atom. The van der Waals surface area contributed by atoms with Crippen LogP contribution in [0, 0.1) is 0 Å². The monoisotopic (exact) mass is 407 g/mol. The van der Waals surface area contributed by atoms with Crippen molar-refractivity contribution in [2.75, 3.05) is 0 Å². The second kappa shape index (κ2) is 8.23. The summed E-state index contributed by atoms with van der Waals surface area (Å²) >= 11 is 0. The van der Waals surface area contributed by atoms with E-state index in [0.717, 1.165) is 12.1 Å². The average molecular weight is 408 g/mol. The minimum absolute atomic E-state index is 0.183. The summed E-state index contributed by atoms with van der Waals surface area (Å²) in [5, 5.41) is 2.66. The third-order valence-electron chi connectivity index (χ3n) is 4.22. The Labute approximate surface area is 169 Å². The van der Waals surface area contributed by atoms with Crippen molar-refractivity contribution in [3.8, 4) is 0 Å². The summed E-state index contributed by atoms with van der Waals surface area (Å²) in [7, 11) is -4.37. The second-order valence-electron chi connectivity index (χ2n) is 10.3. The molecule has 1 aromatic rings. The molecule has 2 N–H and O–H groups in total. The highest BCUT2D eigenvalue weighted by Crippen LogP contribution is 2.22. The van der Waals surface area contributed by atoms with E-state index in [1.807, 2.05) is 0 Å². The van der Waals surface area contributed by atoms with Gasteiger partial charge in [-0.25, -0.2) is 0 Å². The first-order chi connectivity index (χ1) is 12.0. The molecule has 0 bridgehead atoms. The Kier molecular flexibility index (Phi) is 7.37. The largest absolute Gasteiger partial charge is 0.408 e. The van der Waals surface area contributed by atoms with Crippen molar-refractivity contribution in [3.05, 3.63) is 29.5 Å². The Hall–Kier alpha value is -0.886. The van der Waals surface area contributed by atoms with E-state index in [1.54, 1.807) is 0 Å². The van der Waals surface area contributed by atoms with Gasteiger partial charge in [-0.2, -0.15) is 0 Å². The zero-order valence-corrected chi connectivity index (χ0v) is 21.4. The number of benzene rings is 1. The molecule has 0 fully saturated rings. The van der Waals surface area contributed by atoms with Gasteiger partial charge in [-0.1, -0.05) is 25.1 Å². The van der Waals surface area contributed by atoms with Crippen molar-refractivity contribution in [1.82, 2.24) is 0 Å². The molecular weight excluding hydrogens is 366 g/mol. The molecule has 0 aliphatic heterocycles. The first-order valence-corrected chi connectivity index (χ1v) is 15.8. The maximum absolute atomic E-state index is 6.67. The lowest BCUT2D eigenvalue weighted by Crippen LogP contribution is -2.64. The molecule has 0 aliphatic rings. The van der Waals surface area contributed by atoms with Crippen molar-refractivity contribution in [2.45, 2.75) is 92.3 Å². The van der Waals surface area contributed by atoms with Gasteiger partial charge in [-0.3, -0.25) is 0 Å². The zero-order valence-electron chi connectivity index (χ0n) is 19.4. The lowest BCUT2D eigenvalue weighted by atomic mass is 10.1. The molecule has 154 valence electrons. The van der Waals surface area contributed by atoms with Crippen molar-refractivity contribution in [2.24, 2.45) is 5.73 Å². The summed E-state index contributed by atoms with van der Waals surface area (Å²) in [6, 6.07) is 6.55. The van der Waals surface area contributed by atoms with Crippen LogP contribution >= 0.6 is 0 Å². The quantitative estimate of drug-likeness (QED) is 0.686. The molecule has 0 heterocycles. The normalized spacial score (nSPS) is 14.6. The van der Waals surface area contributed by atoms with Crippen molar-refractivity contribution in [1.29, 1.82) is 0 Å². The van der Waals surface area contributed by atoms with E-state index in [2.05, 4.69) is 98.9 Å². The smallest absolute Gasteiger partial charge is 0.219 e. The molecule has 1 rings (SSSR count). The average Bonchev–Trinajstić information content (AvgIpc) is 2.41. The van der Waals surface area contributed by atoms with Crippen LogP contribution in [-0.4, -0.2) is 27.8 Å². The molecule has 0 spiro atoms. The highest BCUT2D eigenvalue weighted by molar-refractivity contribution is 6.95. The SMILES string of the molecule is CC/C(N)=C/c1cccc([Si](C)(C)OC(C)(C)C)c1[Si](C)(C)OC(C)(C)C. The molecule has 0 saturated carbocycles. The van der Waals surface area contributed by atoms with E-state index in [0.29, 0.717) is 0 Å². The highest BCUT2D eigenvalue weighted by Gasteiger charge is 2.40. The topological polar surface area (TPSA) is 44.5 Å². The van der Waals surface area contributed by atoms with Gasteiger partial charge in [-0.15, -0.1) is 0 Å². The number of hydrogen-bond acceptors (Lipinski definition) is 3. The fourth-order valence-electron chi connectivity index (χ4n) is 3.80. The van der Waals surface area contributed by atoms with Gasteiger partial charge in [0.25, 0.3) is 0 Å². The van der Waals surface area contributed by atoms with Crippen LogP contribution in [-0.2, 0) is 8.85 Å². The molecule has 0 amide bonds. The third-order valence-corrected chi connectivity index (χ3v) is 10.2. The second-order valence-corrected chi connectivity index (χ2v) is 17.8. The summed E-state index contributed by atoms with van der Waals surface area (Å²) in [6.07, 6.45) is 2.96. The van der Waals surface area contributed by atoms with Crippen LogP contribution in [0.4, 0.5) is 0 Å². The highest BCUT2D eigenvalue weighted by atomic mass is 28.4. The standard InChI is InChI=1S/C22H41NO2Si2/c1-12-18(23)16-17-14-13-15-19(26(8,9)24-21(2,3)4)20(17)27(10,11)25-22(5,6)7/h13-16H,12,23H2,1-11H3/b18-16-. The van der Waals surface area contributed by atoms with Gasteiger partial charge in [0.1, 0.15) is 0 Å². The third kappa shape index (κ3) is 7.22. The Morgan fingerprint density at radius 1 is 0.926 bits per heavy atom. The Balaban J connectivity index is 3.72. The first-order valence-electron chi connectivity index (χ1n) is 9.99. The van der Waals surface area contributed by atoms with Crippen LogP contribution in [0.15, 0.2) is 23.9 Å². The minimum Gasteiger partial charge on any atom is -0.408 e. The van der Waals surface area contributed by atoms with Crippen LogP contribution < -0.4 is 16.1 Å². The van der Waals surface area contributed by atoms with Crippen LogP contribution in [0.5, 0.6) is 0 Å². The minimum atomic E-state index is -2.21. The van der Waals surface area contributed by atoms with E-state index in [9.17, 15) is 0 Å². The zero-order chi connectivity index (χ0) is 21.3. The Bertz CT molecular complexity index is 681. The lowest BCUT2D eigenvalue weighted by Gasteiger charge is -2.39. The number of hydrogen-bond donors (Lipinski definition) is 1. The van der Waals surface area contributed by atoms with Crippen molar-refractivity contribution in [3.63, 3.8) is 0 Å². The van der Waals surface area contributed by atoms with Crippen LogP contribution in [0.25, 0.3) is 6.08 Å². The van der Waals surface area contributed by atoms with E-state index >= 15 is 0 Å². The van der Waals surface area contributed by atoms with E-state index in [-0.39, 0.29) is 11.2 Å². The van der Waals surface area contributed by atoms with Gasteiger partial charge < -0.3 is 14.6 Å². The summed E-state index contributed by atoms with van der Waals surface area (Å²) in [6.45, 7) is 24.0. The summed E-state index contributed by atoms with van der Waals surface area (Å²) in [5.41, 5.74) is 7.92. The summed E-state index contributed by atoms with van der Waals surface area (Å²) in [4.78, 5) is 0. The van der Waals surface area contributed by atoms with Crippen LogP contribution in [0.1, 0.15) is 60.5 Å². The summed E-state index contributed by atoms with van der Waals surface area (Å²) < 4.78 is 13.3.